The summed E-state index contributed by atoms with van der Waals surface area (Å²) >= 11 is 0. The van der Waals surface area contributed by atoms with Gasteiger partial charge in [-0.05, 0) is 38.9 Å². The van der Waals surface area contributed by atoms with Gasteiger partial charge in [0.25, 0.3) is 0 Å². The van der Waals surface area contributed by atoms with Gasteiger partial charge in [0.1, 0.15) is 0 Å². The molecule has 3 rings (SSSR count). The number of benzene rings is 1. The second-order valence-electron chi connectivity index (χ2n) is 5.77. The number of hydrogen-bond donors (Lipinski definition) is 1. The molecule has 6 nitrogen and oxygen atoms in total. The molecule has 0 saturated heterocycles. The van der Waals surface area contributed by atoms with Gasteiger partial charge in [-0.25, -0.2) is 0 Å². The summed E-state index contributed by atoms with van der Waals surface area (Å²) < 4.78 is 5.31. The normalized spacial score (nSPS) is 15.8. The Hall–Kier alpha value is -2.21. The minimum atomic E-state index is -0.0958. The zero-order valence-electron chi connectivity index (χ0n) is 12.8. The highest BCUT2D eigenvalue weighted by Crippen LogP contribution is 2.38. The van der Waals surface area contributed by atoms with Gasteiger partial charge in [0.15, 0.2) is 5.82 Å². The van der Waals surface area contributed by atoms with E-state index in [4.69, 9.17) is 4.52 Å². The van der Waals surface area contributed by atoms with Crippen LogP contribution in [0.25, 0.3) is 0 Å². The van der Waals surface area contributed by atoms with Crippen LogP contribution in [0.15, 0.2) is 34.9 Å². The molecule has 1 aliphatic rings. The van der Waals surface area contributed by atoms with E-state index in [-0.39, 0.29) is 18.5 Å². The summed E-state index contributed by atoms with van der Waals surface area (Å²) in [6.07, 6.45) is 2.28. The molecule has 0 radical (unpaired) electrons. The van der Waals surface area contributed by atoms with Crippen molar-refractivity contribution in [1.82, 2.24) is 15.0 Å². The lowest BCUT2D eigenvalue weighted by molar-refractivity contribution is -0.117. The first-order valence-corrected chi connectivity index (χ1v) is 7.52. The van der Waals surface area contributed by atoms with E-state index in [0.29, 0.717) is 11.8 Å². The number of carbonyl (C=O) groups is 1. The second kappa shape index (κ2) is 6.27. The molecule has 1 unspecified atom stereocenters. The maximum atomic E-state index is 12.1. The van der Waals surface area contributed by atoms with E-state index < -0.39 is 0 Å². The first kappa shape index (κ1) is 14.7. The number of nitrogens with zero attached hydrogens (tertiary/aromatic N) is 3. The minimum absolute atomic E-state index is 0.0671. The van der Waals surface area contributed by atoms with Crippen molar-refractivity contribution in [2.24, 2.45) is 0 Å². The zero-order valence-corrected chi connectivity index (χ0v) is 12.8. The van der Waals surface area contributed by atoms with E-state index in [0.717, 1.165) is 24.4 Å². The Morgan fingerprint density at radius 2 is 2.14 bits per heavy atom. The summed E-state index contributed by atoms with van der Waals surface area (Å²) in [5.41, 5.74) is 0.794. The van der Waals surface area contributed by atoms with E-state index in [1.54, 1.807) is 0 Å². The summed E-state index contributed by atoms with van der Waals surface area (Å²) in [6.45, 7) is 2.22. The van der Waals surface area contributed by atoms with Crippen LogP contribution in [0.4, 0.5) is 5.69 Å². The van der Waals surface area contributed by atoms with Crippen molar-refractivity contribution < 1.29 is 9.32 Å². The van der Waals surface area contributed by atoms with Crippen LogP contribution in [0.3, 0.4) is 0 Å². The highest BCUT2D eigenvalue weighted by Gasteiger charge is 2.30. The maximum absolute atomic E-state index is 12.1. The predicted octanol–water partition coefficient (Wildman–Crippen LogP) is 2.58. The molecular formula is C16H20N4O2. The van der Waals surface area contributed by atoms with Gasteiger partial charge in [-0.2, -0.15) is 4.98 Å². The summed E-state index contributed by atoms with van der Waals surface area (Å²) in [5, 5.41) is 6.88. The summed E-state index contributed by atoms with van der Waals surface area (Å²) in [7, 11) is 1.87. The van der Waals surface area contributed by atoms with E-state index >= 15 is 0 Å². The van der Waals surface area contributed by atoms with Crippen molar-refractivity contribution in [1.29, 1.82) is 0 Å². The number of carbonyl (C=O) groups excluding carboxylic acids is 1. The Balaban J connectivity index is 1.55. The first-order chi connectivity index (χ1) is 10.6. The van der Waals surface area contributed by atoms with Crippen LogP contribution < -0.4 is 5.32 Å². The Morgan fingerprint density at radius 3 is 2.82 bits per heavy atom. The van der Waals surface area contributed by atoms with Crippen molar-refractivity contribution in [2.75, 3.05) is 18.9 Å². The monoisotopic (exact) mass is 300 g/mol. The number of para-hydroxylation sites is 1. The van der Waals surface area contributed by atoms with E-state index in [2.05, 4.69) is 15.5 Å². The average Bonchev–Trinajstić information content (AvgIpc) is 3.25. The van der Waals surface area contributed by atoms with E-state index in [9.17, 15) is 4.79 Å². The van der Waals surface area contributed by atoms with Crippen LogP contribution in [-0.2, 0) is 4.79 Å². The van der Waals surface area contributed by atoms with Gasteiger partial charge in [0.05, 0.1) is 12.6 Å². The molecule has 6 heteroatoms. The minimum Gasteiger partial charge on any atom is -0.338 e. The van der Waals surface area contributed by atoms with Crippen LogP contribution in [0.2, 0.25) is 0 Å². The number of aromatic nitrogens is 2. The third-order valence-electron chi connectivity index (χ3n) is 3.87. The largest absolute Gasteiger partial charge is 0.338 e. The second-order valence-corrected chi connectivity index (χ2v) is 5.77. The van der Waals surface area contributed by atoms with E-state index in [1.807, 2.05) is 49.2 Å². The SMILES string of the molecule is CC(c1nc(C2CC2)no1)N(C)CC(=O)Nc1ccccc1. The van der Waals surface area contributed by atoms with Crippen molar-refractivity contribution >= 4 is 11.6 Å². The number of amides is 1. The van der Waals surface area contributed by atoms with Gasteiger partial charge in [-0.1, -0.05) is 23.4 Å². The topological polar surface area (TPSA) is 71.3 Å². The molecule has 1 N–H and O–H groups in total. The first-order valence-electron chi connectivity index (χ1n) is 7.52. The Labute approximate surface area is 129 Å². The van der Waals surface area contributed by atoms with Crippen molar-refractivity contribution in [3.8, 4) is 0 Å². The predicted molar refractivity (Wildman–Crippen MR) is 82.4 cm³/mol. The molecule has 0 spiro atoms. The van der Waals surface area contributed by atoms with Gasteiger partial charge in [-0.15, -0.1) is 0 Å². The fraction of sp³-hybridized carbons (Fsp3) is 0.438. The quantitative estimate of drug-likeness (QED) is 0.887. The fourth-order valence-corrected chi connectivity index (χ4v) is 2.20. The third-order valence-corrected chi connectivity index (χ3v) is 3.87. The van der Waals surface area contributed by atoms with Gasteiger partial charge >= 0.3 is 0 Å². The van der Waals surface area contributed by atoms with E-state index in [1.165, 1.54) is 0 Å². The lowest BCUT2D eigenvalue weighted by atomic mass is 10.3. The Bertz CT molecular complexity index is 637. The van der Waals surface area contributed by atoms with Crippen molar-refractivity contribution in [2.45, 2.75) is 31.7 Å². The molecule has 1 aromatic carbocycles. The molecule has 0 bridgehead atoms. The van der Waals surface area contributed by atoms with Crippen LogP contribution in [-0.4, -0.2) is 34.5 Å². The molecule has 2 aromatic rings. The maximum Gasteiger partial charge on any atom is 0.243 e. The Kier molecular flexibility index (Phi) is 4.20. The van der Waals surface area contributed by atoms with Crippen molar-refractivity contribution in [3.05, 3.63) is 42.0 Å². The molecule has 1 amide bonds. The van der Waals surface area contributed by atoms with Crippen LogP contribution in [0.5, 0.6) is 0 Å². The molecule has 1 fully saturated rings. The summed E-state index contributed by atoms with van der Waals surface area (Å²) in [4.78, 5) is 18.4. The molecule has 1 aliphatic carbocycles. The molecule has 22 heavy (non-hydrogen) atoms. The zero-order chi connectivity index (χ0) is 15.5. The lowest BCUT2D eigenvalue weighted by Crippen LogP contribution is -2.32. The average molecular weight is 300 g/mol. The molecule has 1 aromatic heterocycles. The van der Waals surface area contributed by atoms with Gasteiger partial charge in [-0.3, -0.25) is 9.69 Å². The highest BCUT2D eigenvalue weighted by atomic mass is 16.5. The van der Waals surface area contributed by atoms with Gasteiger partial charge in [0, 0.05) is 11.6 Å². The van der Waals surface area contributed by atoms with Gasteiger partial charge < -0.3 is 9.84 Å². The molecule has 1 saturated carbocycles. The van der Waals surface area contributed by atoms with Crippen LogP contribution in [0.1, 0.15) is 43.4 Å². The fourth-order valence-electron chi connectivity index (χ4n) is 2.20. The van der Waals surface area contributed by atoms with Crippen molar-refractivity contribution in [3.63, 3.8) is 0 Å². The number of likely N-dealkylation sites (N-methyl/N-ethyl adjacent to an activating group) is 1. The molecule has 0 aliphatic heterocycles. The Morgan fingerprint density at radius 1 is 1.41 bits per heavy atom. The summed E-state index contributed by atoms with van der Waals surface area (Å²) in [6, 6.07) is 9.32. The summed E-state index contributed by atoms with van der Waals surface area (Å²) in [5.74, 6) is 1.76. The molecule has 116 valence electrons. The number of rotatable bonds is 6. The lowest BCUT2D eigenvalue weighted by Gasteiger charge is -2.20. The molecular weight excluding hydrogens is 280 g/mol. The highest BCUT2D eigenvalue weighted by molar-refractivity contribution is 5.92. The standard InChI is InChI=1S/C16H20N4O2/c1-11(16-18-15(19-22-16)12-8-9-12)20(2)10-14(21)17-13-6-4-3-5-7-13/h3-7,11-12H,8-10H2,1-2H3,(H,17,21). The van der Waals surface area contributed by atoms with Gasteiger partial charge in [0.2, 0.25) is 11.8 Å². The molecule has 1 heterocycles. The smallest absolute Gasteiger partial charge is 0.243 e. The number of hydrogen-bond acceptors (Lipinski definition) is 5. The third kappa shape index (κ3) is 3.51. The number of nitrogens with one attached hydrogen (secondary N) is 1. The molecule has 1 atom stereocenters. The van der Waals surface area contributed by atoms with Crippen LogP contribution >= 0.6 is 0 Å². The van der Waals surface area contributed by atoms with Crippen LogP contribution in [0, 0.1) is 0 Å². The number of anilines is 1.